The molecular weight excluding hydrogens is 1160 g/mol. The lowest BCUT2D eigenvalue weighted by atomic mass is 9.72. The summed E-state index contributed by atoms with van der Waals surface area (Å²) in [5.74, 6) is -0.558. The summed E-state index contributed by atoms with van der Waals surface area (Å²) < 4.78 is 92.9. The highest BCUT2D eigenvalue weighted by atomic mass is 28.4. The molecule has 0 radical (unpaired) electrons. The lowest BCUT2D eigenvalue weighted by molar-refractivity contribution is -0.356. The second kappa shape index (κ2) is 22.9. The molecule has 0 aliphatic carbocycles. The van der Waals surface area contributed by atoms with Crippen molar-refractivity contribution in [1.82, 2.24) is 0 Å². The first-order valence-corrected chi connectivity index (χ1v) is 38.5. The van der Waals surface area contributed by atoms with Crippen molar-refractivity contribution in [1.29, 1.82) is 0 Å². The van der Waals surface area contributed by atoms with E-state index in [0.29, 0.717) is 63.4 Å². The van der Waals surface area contributed by atoms with Crippen LogP contribution < -0.4 is 10.4 Å². The van der Waals surface area contributed by atoms with E-state index in [2.05, 4.69) is 139 Å². The zero-order valence-electron chi connectivity index (χ0n) is 55.7. The molecule has 0 aromatic heterocycles. The topological polar surface area (TPSA) is 154 Å². The average Bonchev–Trinajstić information content (AvgIpc) is 1.52. The molecule has 9 fully saturated rings. The minimum atomic E-state index is -3.21. The second-order valence-electron chi connectivity index (χ2n) is 32.4. The third kappa shape index (κ3) is 11.4. The van der Waals surface area contributed by atoms with Crippen LogP contribution in [0.5, 0.6) is 0 Å². The minimum Gasteiger partial charge on any atom is -0.506 e. The Morgan fingerprint density at radius 3 is 1.99 bits per heavy atom. The Bertz CT molecular complexity index is 3010. The zero-order chi connectivity index (χ0) is 63.2. The fourth-order valence-electron chi connectivity index (χ4n) is 17.5. The van der Waals surface area contributed by atoms with E-state index in [9.17, 15) is 9.59 Å². The average molecular weight is 1260 g/mol. The van der Waals surface area contributed by atoms with Crippen LogP contribution in [-0.4, -0.2) is 160 Å². The minimum absolute atomic E-state index is 0.0747. The van der Waals surface area contributed by atoms with E-state index >= 15 is 0 Å². The molecule has 13 rings (SSSR count). The van der Waals surface area contributed by atoms with E-state index in [-0.39, 0.29) is 121 Å². The second-order valence-corrected chi connectivity index (χ2v) is 41.4. The Hall–Kier alpha value is -3.41. The molecule has 9 saturated heterocycles. The molecule has 0 unspecified atom stereocenters. The number of hydrogen-bond donors (Lipinski definition) is 0. The molecular formula is C72H102O15Si2. The molecule has 0 N–H and O–H groups in total. The third-order valence-corrected chi connectivity index (χ3v) is 33.1. The molecule has 0 spiro atoms. The zero-order valence-corrected chi connectivity index (χ0v) is 57.7. The normalized spacial score (nSPS) is 45.0. The van der Waals surface area contributed by atoms with E-state index in [1.54, 1.807) is 6.08 Å². The number of benzene rings is 2. The summed E-state index contributed by atoms with van der Waals surface area (Å²) in [6.45, 7) is 37.6. The number of fused-ring (bicyclic) bond motifs is 10. The fourth-order valence-corrected chi connectivity index (χ4v) is 23.3. The van der Waals surface area contributed by atoms with Crippen LogP contribution in [-0.2, 0) is 70.5 Å². The molecule has 11 heterocycles. The number of rotatable bonds is 8. The molecule has 0 saturated carbocycles. The van der Waals surface area contributed by atoms with Crippen LogP contribution >= 0.6 is 0 Å². The largest absolute Gasteiger partial charge is 0.506 e. The van der Waals surface area contributed by atoms with Gasteiger partial charge < -0.3 is 61.0 Å². The first-order valence-electron chi connectivity index (χ1n) is 33.7. The Balaban J connectivity index is 0.697. The first-order chi connectivity index (χ1) is 41.8. The molecule has 23 atom stereocenters. The number of hydrogen-bond acceptors (Lipinski definition) is 15. The molecule has 17 heteroatoms. The van der Waals surface area contributed by atoms with Crippen LogP contribution in [0.3, 0.4) is 0 Å². The third-order valence-electron chi connectivity index (χ3n) is 23.7. The molecule has 0 bridgehead atoms. The molecule has 2 aromatic rings. The van der Waals surface area contributed by atoms with Gasteiger partial charge in [0, 0.05) is 63.0 Å². The van der Waals surface area contributed by atoms with Gasteiger partial charge in [-0.3, -0.25) is 0 Å². The van der Waals surface area contributed by atoms with Crippen molar-refractivity contribution in [3.63, 3.8) is 0 Å². The quantitative estimate of drug-likeness (QED) is 0.106. The molecule has 11 aliphatic rings. The van der Waals surface area contributed by atoms with Gasteiger partial charge in [0.05, 0.1) is 108 Å². The highest BCUT2D eigenvalue weighted by molar-refractivity contribution is 7.00. The molecule has 89 heavy (non-hydrogen) atoms. The summed E-state index contributed by atoms with van der Waals surface area (Å²) in [7, 11) is -5.60. The van der Waals surface area contributed by atoms with Crippen molar-refractivity contribution in [3.8, 4) is 0 Å². The van der Waals surface area contributed by atoms with Gasteiger partial charge in [-0.25, -0.2) is 9.59 Å². The van der Waals surface area contributed by atoms with Gasteiger partial charge in [-0.2, -0.15) is 0 Å². The Morgan fingerprint density at radius 1 is 0.640 bits per heavy atom. The maximum atomic E-state index is 14.8. The summed E-state index contributed by atoms with van der Waals surface area (Å²) >= 11 is 0. The molecule has 488 valence electrons. The molecule has 0 amide bonds. The van der Waals surface area contributed by atoms with E-state index in [1.165, 1.54) is 0 Å². The van der Waals surface area contributed by atoms with Crippen molar-refractivity contribution in [2.75, 3.05) is 0 Å². The molecule has 2 aromatic carbocycles. The van der Waals surface area contributed by atoms with Gasteiger partial charge in [-0.1, -0.05) is 128 Å². The lowest BCUT2D eigenvalue weighted by Gasteiger charge is -2.61. The summed E-state index contributed by atoms with van der Waals surface area (Å²) in [6.07, 6.45) is 9.08. The number of carbonyl (C=O) groups is 2. The molecule has 15 nitrogen and oxygen atoms in total. The van der Waals surface area contributed by atoms with Gasteiger partial charge in [0.25, 0.3) is 0 Å². The summed E-state index contributed by atoms with van der Waals surface area (Å²) in [5, 5.41) is 1.59. The Morgan fingerprint density at radius 2 is 1.30 bits per heavy atom. The summed E-state index contributed by atoms with van der Waals surface area (Å²) in [4.78, 5) is 27.2. The number of esters is 1. The van der Waals surface area contributed by atoms with E-state index < -0.39 is 55.6 Å². The van der Waals surface area contributed by atoms with Crippen LogP contribution in [0.15, 0.2) is 96.6 Å². The van der Waals surface area contributed by atoms with Gasteiger partial charge in [0.2, 0.25) is 0 Å². The van der Waals surface area contributed by atoms with E-state index in [4.69, 9.17) is 61.0 Å². The number of carbonyl (C=O) groups excluding carboxylic acids is 2. The summed E-state index contributed by atoms with van der Waals surface area (Å²) in [6, 6.07) is 20.5. The standard InChI is InChI=1S/C72H102O15Si2/c1-42-33-50-55(40-70(12)56(78-50)38-54-64(84-70)43(2)34-62(73)80-54)77-49-29-31-69(11)57(81-63(42)49)39-58-71(13,87-69)41-61-68(10,83-58)30-23-28-48-51(79-61)36-53-52(76-48)37-59-72(14,82-53)60(85-88(15,16)66(4,5)6)35-45(75-59)32-44(3)65(74)86-89(67(7,8)9,46-24-19-17-20-25-46)47-26-21-18-22-27-47/h17-28,34,42,45,48-61,63-64H,3,29-33,35-41H2,1-2,4-16H3/b28-23-/t42-,45-,48-,49+,50+,51+,52+,53-,54+,55-,56-,57+,58-,59-,60+,61-,63-,64-,68+,69-,70+,71+,72-/m1/s1. The summed E-state index contributed by atoms with van der Waals surface area (Å²) in [5.41, 5.74) is -2.05. The SMILES string of the molecule is C=C(C[C@@H]1C[C@H](O[Si](C)(C)C(C)(C)C)[C@]2(C)O[C@@H]3C[C@@H]4O[C@@H]5C[C@]6(C)O[C@]7(C)CC[C@@H]8O[C@@H]9C[C@]%10(C)O[C@@H]%11C(C)=CC(=O)O[C@H]%11C[C@H]%10O[C@H]9C[C@@H](C)[C@H]8O[C@H]7C[C@H]6O[C@@]5(C)C/C=C\[C@H]4O[C@H]3C[C@H]2O1)C(=O)O[Si](c1ccccc1)(c1ccccc1)C(C)(C)C. The van der Waals surface area contributed by atoms with Crippen LogP contribution in [0.1, 0.15) is 167 Å². The van der Waals surface area contributed by atoms with Crippen molar-refractivity contribution in [3.05, 3.63) is 96.6 Å². The number of ether oxygens (including phenoxy) is 11. The van der Waals surface area contributed by atoms with Crippen molar-refractivity contribution in [2.45, 2.75) is 322 Å². The van der Waals surface area contributed by atoms with Gasteiger partial charge in [0.15, 0.2) is 8.32 Å². The van der Waals surface area contributed by atoms with Crippen LogP contribution in [0.2, 0.25) is 23.2 Å². The lowest BCUT2D eigenvalue weighted by Crippen LogP contribution is -2.71. The van der Waals surface area contributed by atoms with E-state index in [1.807, 2.05) is 43.3 Å². The monoisotopic (exact) mass is 1260 g/mol. The predicted molar refractivity (Wildman–Crippen MR) is 342 cm³/mol. The first kappa shape index (κ1) is 64.3. The van der Waals surface area contributed by atoms with Crippen LogP contribution in [0.4, 0.5) is 0 Å². The maximum absolute atomic E-state index is 14.8. The highest BCUT2D eigenvalue weighted by Crippen LogP contribution is 2.56. The Labute approximate surface area is 531 Å². The van der Waals surface area contributed by atoms with Gasteiger partial charge in [-0.15, -0.1) is 0 Å². The highest BCUT2D eigenvalue weighted by Gasteiger charge is 2.65. The smallest absolute Gasteiger partial charge is 0.331 e. The van der Waals surface area contributed by atoms with Crippen LogP contribution in [0.25, 0.3) is 0 Å². The predicted octanol–water partition coefficient (Wildman–Crippen LogP) is 11.4. The van der Waals surface area contributed by atoms with Crippen molar-refractivity contribution < 1.29 is 70.5 Å². The maximum Gasteiger partial charge on any atom is 0.331 e. The van der Waals surface area contributed by atoms with Crippen molar-refractivity contribution in [2.24, 2.45) is 5.92 Å². The van der Waals surface area contributed by atoms with Gasteiger partial charge in [-0.05, 0) is 112 Å². The Kier molecular flexibility index (Phi) is 16.6. The van der Waals surface area contributed by atoms with Crippen molar-refractivity contribution >= 4 is 38.9 Å². The van der Waals surface area contributed by atoms with E-state index in [0.717, 1.165) is 35.2 Å². The van der Waals surface area contributed by atoms with Gasteiger partial charge >= 0.3 is 20.3 Å². The fraction of sp³-hybridized carbons (Fsp3) is 0.722. The molecule has 11 aliphatic heterocycles. The van der Waals surface area contributed by atoms with Gasteiger partial charge in [0.1, 0.15) is 23.9 Å². The van der Waals surface area contributed by atoms with Crippen LogP contribution in [0, 0.1) is 5.92 Å².